The first-order chi connectivity index (χ1) is 11.9. The van der Waals surface area contributed by atoms with Crippen molar-refractivity contribution in [2.45, 2.75) is 12.3 Å². The third kappa shape index (κ3) is 3.97. The molecule has 0 aliphatic carbocycles. The van der Waals surface area contributed by atoms with Crippen LogP contribution >= 0.6 is 22.7 Å². The Morgan fingerprint density at radius 3 is 2.60 bits per heavy atom. The molecule has 1 N–H and O–H groups in total. The lowest BCUT2D eigenvalue weighted by molar-refractivity contribution is -0.141. The van der Waals surface area contributed by atoms with Gasteiger partial charge in [0.05, 0.1) is 0 Å². The van der Waals surface area contributed by atoms with E-state index >= 15 is 0 Å². The molecule has 0 fully saturated rings. The Morgan fingerprint density at radius 2 is 2.04 bits per heavy atom. The molecular formula is C19H18O4S2. The summed E-state index contributed by atoms with van der Waals surface area (Å²) in [6, 6.07) is 6.87. The van der Waals surface area contributed by atoms with Crippen molar-refractivity contribution in [1.82, 2.24) is 0 Å². The number of rotatable bonds is 8. The second-order valence-electron chi connectivity index (χ2n) is 5.33. The Morgan fingerprint density at radius 1 is 1.28 bits per heavy atom. The summed E-state index contributed by atoms with van der Waals surface area (Å²) >= 11 is 2.51. The molecule has 0 saturated carbocycles. The van der Waals surface area contributed by atoms with E-state index in [9.17, 15) is 14.7 Å². The van der Waals surface area contributed by atoms with Crippen LogP contribution in [0.3, 0.4) is 0 Å². The summed E-state index contributed by atoms with van der Waals surface area (Å²) in [4.78, 5) is 25.8. The van der Waals surface area contributed by atoms with Gasteiger partial charge in [0, 0.05) is 9.75 Å². The highest BCUT2D eigenvalue weighted by atomic mass is 32.1. The molecule has 2 rings (SSSR count). The smallest absolute Gasteiger partial charge is 0.348 e. The molecule has 25 heavy (non-hydrogen) atoms. The van der Waals surface area contributed by atoms with Crippen LogP contribution in [0.5, 0.6) is 0 Å². The van der Waals surface area contributed by atoms with Crippen LogP contribution in [0, 0.1) is 0 Å². The van der Waals surface area contributed by atoms with Gasteiger partial charge in [-0.15, -0.1) is 22.7 Å². The largest absolute Gasteiger partial charge is 0.480 e. The molecule has 2 aromatic heterocycles. The normalized spacial score (nSPS) is 13.7. The number of aliphatic carboxylic acids is 1. The molecule has 0 aliphatic heterocycles. The number of carboxylic acids is 1. The number of esters is 1. The lowest BCUT2D eigenvalue weighted by Gasteiger charge is -2.21. The zero-order valence-corrected chi connectivity index (χ0v) is 15.4. The predicted octanol–water partition coefficient (Wildman–Crippen LogP) is 4.66. The van der Waals surface area contributed by atoms with Crippen molar-refractivity contribution in [3.8, 4) is 0 Å². The molecule has 0 bridgehead atoms. The highest BCUT2D eigenvalue weighted by Crippen LogP contribution is 2.39. The fourth-order valence-electron chi connectivity index (χ4n) is 2.16. The highest BCUT2D eigenvalue weighted by Gasteiger charge is 2.40. The molecule has 2 aromatic rings. The Hall–Kier alpha value is -2.44. The molecule has 0 saturated heterocycles. The van der Waals surface area contributed by atoms with Gasteiger partial charge in [0.15, 0.2) is 0 Å². The maximum atomic E-state index is 12.2. The molecule has 1 unspecified atom stereocenters. The predicted molar refractivity (Wildman–Crippen MR) is 101 cm³/mol. The quantitative estimate of drug-likeness (QED) is 0.539. The molecular weight excluding hydrogens is 356 g/mol. The summed E-state index contributed by atoms with van der Waals surface area (Å²) in [5, 5.41) is 11.6. The Kier molecular flexibility index (Phi) is 6.12. The van der Waals surface area contributed by atoms with Crippen LogP contribution in [-0.4, -0.2) is 23.7 Å². The van der Waals surface area contributed by atoms with Crippen LogP contribution < -0.4 is 0 Å². The molecule has 0 amide bonds. The van der Waals surface area contributed by atoms with Gasteiger partial charge in [-0.1, -0.05) is 37.5 Å². The minimum absolute atomic E-state index is 0.0860. The van der Waals surface area contributed by atoms with Gasteiger partial charge < -0.3 is 9.84 Å². The Bertz CT molecular complexity index is 814. The third-order valence-electron chi connectivity index (χ3n) is 3.71. The van der Waals surface area contributed by atoms with E-state index in [-0.39, 0.29) is 6.61 Å². The van der Waals surface area contributed by atoms with Crippen molar-refractivity contribution in [2.24, 2.45) is 0 Å². The number of carbonyl (C=O) groups excluding carboxylic acids is 1. The molecule has 0 aliphatic rings. The van der Waals surface area contributed by atoms with Gasteiger partial charge in [0.2, 0.25) is 0 Å². The van der Waals surface area contributed by atoms with Gasteiger partial charge in [-0.2, -0.15) is 0 Å². The maximum absolute atomic E-state index is 12.2. The number of carboxylic acid groups (broad SMARTS) is 1. The summed E-state index contributed by atoms with van der Waals surface area (Å²) in [6.07, 6.45) is 4.89. The van der Waals surface area contributed by atoms with Crippen LogP contribution in [0.2, 0.25) is 0 Å². The van der Waals surface area contributed by atoms with Crippen molar-refractivity contribution >= 4 is 34.6 Å². The topological polar surface area (TPSA) is 63.6 Å². The molecule has 0 aromatic carbocycles. The van der Waals surface area contributed by atoms with Crippen molar-refractivity contribution in [3.63, 3.8) is 0 Å². The molecule has 1 atom stereocenters. The second-order valence-corrected chi connectivity index (χ2v) is 7.36. The average Bonchev–Trinajstić information content (AvgIpc) is 3.29. The van der Waals surface area contributed by atoms with E-state index in [2.05, 4.69) is 13.2 Å². The first kappa shape index (κ1) is 18.9. The molecule has 6 heteroatoms. The standard InChI is InChI=1S/C19H18O4S2/c1-4-7-13(5-2)12-23-17(20)14-9-10-16(25-14)19(3,18(21)22)15-8-6-11-24-15/h4-11H,1-2,12H2,3H3,(H,21,22)/b13-7+. The van der Waals surface area contributed by atoms with E-state index in [0.717, 1.165) is 16.9 Å². The monoisotopic (exact) mass is 374 g/mol. The molecule has 2 heterocycles. The van der Waals surface area contributed by atoms with Gasteiger partial charge in [-0.05, 0) is 36.1 Å². The van der Waals surface area contributed by atoms with E-state index in [1.54, 1.807) is 43.4 Å². The van der Waals surface area contributed by atoms with Crippen molar-refractivity contribution < 1.29 is 19.4 Å². The van der Waals surface area contributed by atoms with Crippen LogP contribution in [0.25, 0.3) is 0 Å². The van der Waals surface area contributed by atoms with Crippen LogP contribution in [0.4, 0.5) is 0 Å². The van der Waals surface area contributed by atoms with E-state index in [1.165, 1.54) is 11.3 Å². The van der Waals surface area contributed by atoms with Crippen LogP contribution in [-0.2, 0) is 14.9 Å². The van der Waals surface area contributed by atoms with E-state index in [0.29, 0.717) is 14.6 Å². The molecule has 130 valence electrons. The number of hydrogen-bond donors (Lipinski definition) is 1. The average molecular weight is 374 g/mol. The lowest BCUT2D eigenvalue weighted by Crippen LogP contribution is -2.31. The van der Waals surface area contributed by atoms with Crippen molar-refractivity contribution in [1.29, 1.82) is 0 Å². The van der Waals surface area contributed by atoms with E-state index in [1.807, 2.05) is 11.4 Å². The van der Waals surface area contributed by atoms with Crippen molar-refractivity contribution in [3.05, 3.63) is 81.2 Å². The SMILES string of the molecule is C=C/C=C(\C=C)COC(=O)c1ccc(C(C)(C(=O)O)c2cccs2)s1. The highest BCUT2D eigenvalue weighted by molar-refractivity contribution is 7.15. The van der Waals surface area contributed by atoms with Gasteiger partial charge in [-0.25, -0.2) is 4.79 Å². The summed E-state index contributed by atoms with van der Waals surface area (Å²) in [7, 11) is 0. The molecule has 0 spiro atoms. The third-order valence-corrected chi connectivity index (χ3v) is 6.08. The Labute approximate surface area is 154 Å². The van der Waals surface area contributed by atoms with Crippen LogP contribution in [0.15, 0.2) is 66.6 Å². The zero-order valence-electron chi connectivity index (χ0n) is 13.7. The lowest BCUT2D eigenvalue weighted by atomic mass is 9.87. The van der Waals surface area contributed by atoms with Gasteiger partial charge in [0.1, 0.15) is 16.9 Å². The second kappa shape index (κ2) is 8.09. The minimum atomic E-state index is -1.19. The first-order valence-electron chi connectivity index (χ1n) is 7.42. The summed E-state index contributed by atoms with van der Waals surface area (Å²) in [6.45, 7) is 8.96. The van der Waals surface area contributed by atoms with E-state index in [4.69, 9.17) is 4.74 Å². The number of hydrogen-bond acceptors (Lipinski definition) is 5. The number of thiophene rings is 2. The summed E-state index contributed by atoms with van der Waals surface area (Å²) in [5.74, 6) is -1.45. The van der Waals surface area contributed by atoms with Gasteiger partial charge >= 0.3 is 11.9 Å². The molecule has 0 radical (unpaired) electrons. The Balaban J connectivity index is 2.22. The fraction of sp³-hybridized carbons (Fsp3) is 0.158. The first-order valence-corrected chi connectivity index (χ1v) is 9.12. The zero-order chi connectivity index (χ0) is 18.4. The maximum Gasteiger partial charge on any atom is 0.348 e. The van der Waals surface area contributed by atoms with Crippen molar-refractivity contribution in [2.75, 3.05) is 6.61 Å². The molecule has 4 nitrogen and oxygen atoms in total. The fourth-order valence-corrected chi connectivity index (χ4v) is 4.17. The minimum Gasteiger partial charge on any atom is -0.480 e. The van der Waals surface area contributed by atoms with E-state index < -0.39 is 17.4 Å². The number of allylic oxidation sites excluding steroid dienone is 2. The van der Waals surface area contributed by atoms with Gasteiger partial charge in [-0.3, -0.25) is 4.79 Å². The summed E-state index contributed by atoms with van der Waals surface area (Å²) in [5.41, 5.74) is -0.457. The number of ether oxygens (including phenoxy) is 1. The number of carbonyl (C=O) groups is 2. The summed E-state index contributed by atoms with van der Waals surface area (Å²) < 4.78 is 5.25. The van der Waals surface area contributed by atoms with Crippen LogP contribution in [0.1, 0.15) is 26.3 Å². The van der Waals surface area contributed by atoms with Gasteiger partial charge in [0.25, 0.3) is 0 Å².